The lowest BCUT2D eigenvalue weighted by atomic mass is 10.0. The Balaban J connectivity index is 3.30. The number of aliphatic hydroxyl groups excluding tert-OH is 2. The Morgan fingerprint density at radius 3 is 0.678 bits per heavy atom. The van der Waals surface area contributed by atoms with Crippen LogP contribution in [-0.4, -0.2) is 47.4 Å². The van der Waals surface area contributed by atoms with Crippen LogP contribution < -0.4 is 5.32 Å². The van der Waals surface area contributed by atoms with Crippen molar-refractivity contribution in [2.75, 3.05) is 13.2 Å². The van der Waals surface area contributed by atoms with Crippen molar-refractivity contribution in [1.82, 2.24) is 5.32 Å². The zero-order valence-corrected chi connectivity index (χ0v) is 61.9. The molecule has 6 nitrogen and oxygen atoms in total. The van der Waals surface area contributed by atoms with Crippen molar-refractivity contribution >= 4 is 11.9 Å². The molecular weight excluding hydrogens is 1100 g/mol. The van der Waals surface area contributed by atoms with Gasteiger partial charge in [-0.15, -0.1) is 0 Å². The van der Waals surface area contributed by atoms with Gasteiger partial charge in [0.05, 0.1) is 25.4 Å². The van der Waals surface area contributed by atoms with Crippen LogP contribution in [0.1, 0.15) is 502 Å². The normalized spacial score (nSPS) is 12.4. The van der Waals surface area contributed by atoms with Crippen LogP contribution in [-0.2, 0) is 14.3 Å². The molecule has 2 atom stereocenters. The largest absolute Gasteiger partial charge is 0.466 e. The van der Waals surface area contributed by atoms with Crippen molar-refractivity contribution in [3.63, 3.8) is 0 Å². The topological polar surface area (TPSA) is 95.9 Å². The third kappa shape index (κ3) is 75.9. The summed E-state index contributed by atoms with van der Waals surface area (Å²) in [6.45, 7) is 5.03. The second kappa shape index (κ2) is 80.3. The molecular formula is C84H167NO5. The lowest BCUT2D eigenvalue weighted by Gasteiger charge is -2.22. The number of ether oxygens (including phenoxy) is 1. The van der Waals surface area contributed by atoms with Gasteiger partial charge in [-0.05, 0) is 25.7 Å². The molecule has 1 amide bonds. The van der Waals surface area contributed by atoms with Crippen LogP contribution in [0.2, 0.25) is 0 Å². The third-order valence-corrected chi connectivity index (χ3v) is 20.4. The lowest BCUT2D eigenvalue weighted by Crippen LogP contribution is -2.45. The van der Waals surface area contributed by atoms with E-state index in [0.717, 1.165) is 38.5 Å². The molecule has 0 saturated heterocycles. The van der Waals surface area contributed by atoms with Crippen molar-refractivity contribution < 1.29 is 24.5 Å². The molecule has 0 aromatic carbocycles. The second-order valence-corrected chi connectivity index (χ2v) is 29.5. The molecule has 0 aliphatic rings. The maximum atomic E-state index is 12.6. The molecule has 0 rings (SSSR count). The molecule has 0 saturated carbocycles. The number of hydrogen-bond donors (Lipinski definition) is 3. The van der Waals surface area contributed by atoms with E-state index in [9.17, 15) is 19.8 Å². The molecule has 0 heterocycles. The zero-order chi connectivity index (χ0) is 64.9. The van der Waals surface area contributed by atoms with Crippen LogP contribution in [0.3, 0.4) is 0 Å². The summed E-state index contributed by atoms with van der Waals surface area (Å²) in [5.74, 6) is 0.00431. The number of rotatable bonds is 81. The Morgan fingerprint density at radius 2 is 0.456 bits per heavy atom. The van der Waals surface area contributed by atoms with E-state index >= 15 is 0 Å². The summed E-state index contributed by atoms with van der Waals surface area (Å²) in [7, 11) is 0. The highest BCUT2D eigenvalue weighted by molar-refractivity contribution is 5.76. The summed E-state index contributed by atoms with van der Waals surface area (Å²) in [6.07, 6.45) is 101. The number of hydrogen-bond acceptors (Lipinski definition) is 5. The molecule has 3 N–H and O–H groups in total. The van der Waals surface area contributed by atoms with Crippen molar-refractivity contribution in [3.8, 4) is 0 Å². The first kappa shape index (κ1) is 88.9. The average Bonchev–Trinajstić information content (AvgIpc) is 3.58. The molecule has 0 fully saturated rings. The predicted molar refractivity (Wildman–Crippen MR) is 398 cm³/mol. The Labute approximate surface area is 566 Å². The van der Waals surface area contributed by atoms with E-state index in [1.807, 2.05) is 0 Å². The van der Waals surface area contributed by atoms with Crippen LogP contribution in [0.4, 0.5) is 0 Å². The summed E-state index contributed by atoms with van der Waals surface area (Å²) in [4.78, 5) is 24.7. The van der Waals surface area contributed by atoms with E-state index in [1.165, 1.54) is 430 Å². The highest BCUT2D eigenvalue weighted by Gasteiger charge is 2.20. The van der Waals surface area contributed by atoms with Gasteiger partial charge in [0, 0.05) is 12.8 Å². The number of unbranched alkanes of at least 4 members (excludes halogenated alkanes) is 70. The number of amides is 1. The number of aliphatic hydroxyl groups is 2. The molecule has 6 heteroatoms. The SMILES string of the molecule is CCCCCCCCCCCCCCCCCCCCCCCCC(O)C(CO)NC(=O)CCCCCCCCCCCCCCCCCCCCCCCCCCCCCCCCCCCOC(=O)CCCCCCCCCCCCCCCCCCCC. The quantitative estimate of drug-likeness (QED) is 0.0417. The van der Waals surface area contributed by atoms with Crippen molar-refractivity contribution in [3.05, 3.63) is 0 Å². The average molecular weight is 1270 g/mol. The zero-order valence-electron chi connectivity index (χ0n) is 61.9. The molecule has 0 spiro atoms. The van der Waals surface area contributed by atoms with E-state index in [2.05, 4.69) is 19.2 Å². The first-order chi connectivity index (χ1) is 44.5. The number of nitrogens with one attached hydrogen (secondary N) is 1. The monoisotopic (exact) mass is 1270 g/mol. The van der Waals surface area contributed by atoms with Crippen molar-refractivity contribution in [2.24, 2.45) is 0 Å². The Bertz CT molecular complexity index is 1320. The van der Waals surface area contributed by atoms with Crippen LogP contribution in [0.25, 0.3) is 0 Å². The fraction of sp³-hybridized carbons (Fsp3) is 0.976. The molecule has 538 valence electrons. The highest BCUT2D eigenvalue weighted by Crippen LogP contribution is 2.21. The predicted octanol–water partition coefficient (Wildman–Crippen LogP) is 28.1. The molecule has 0 radical (unpaired) electrons. The maximum absolute atomic E-state index is 12.6. The minimum Gasteiger partial charge on any atom is -0.466 e. The smallest absolute Gasteiger partial charge is 0.305 e. The van der Waals surface area contributed by atoms with Gasteiger partial charge in [-0.2, -0.15) is 0 Å². The van der Waals surface area contributed by atoms with E-state index in [1.54, 1.807) is 0 Å². The molecule has 0 aliphatic carbocycles. The van der Waals surface area contributed by atoms with Gasteiger partial charge in [0.25, 0.3) is 0 Å². The van der Waals surface area contributed by atoms with Gasteiger partial charge < -0.3 is 20.3 Å². The maximum Gasteiger partial charge on any atom is 0.305 e. The summed E-state index contributed by atoms with van der Waals surface area (Å²) in [5.41, 5.74) is 0. The van der Waals surface area contributed by atoms with Gasteiger partial charge >= 0.3 is 5.97 Å². The minimum atomic E-state index is -0.661. The molecule has 0 aliphatic heterocycles. The molecule has 0 aromatic heterocycles. The fourth-order valence-electron chi connectivity index (χ4n) is 14.0. The summed E-state index contributed by atoms with van der Waals surface area (Å²) >= 11 is 0. The Hall–Kier alpha value is -1.14. The third-order valence-electron chi connectivity index (χ3n) is 20.4. The molecule has 0 aromatic rings. The van der Waals surface area contributed by atoms with Gasteiger partial charge in [-0.25, -0.2) is 0 Å². The van der Waals surface area contributed by atoms with E-state index in [0.29, 0.717) is 25.9 Å². The number of esters is 1. The first-order valence-electron chi connectivity index (χ1n) is 42.3. The second-order valence-electron chi connectivity index (χ2n) is 29.5. The van der Waals surface area contributed by atoms with E-state index in [-0.39, 0.29) is 18.5 Å². The standard InChI is InChI=1S/C84H167NO5/c1-3-5-7-9-11-13-15-17-19-21-23-24-38-41-44-48-52-56-60-64-68-72-76-82(87)81(80-86)85-83(88)77-73-69-65-61-57-53-49-45-42-39-36-34-32-30-28-26-25-27-29-31-33-35-37-40-43-47-51-55-59-63-67-71-75-79-90-84(89)78-74-70-66-62-58-54-50-46-22-20-18-16-14-12-10-8-6-4-2/h81-82,86-87H,3-80H2,1-2H3,(H,85,88). The highest BCUT2D eigenvalue weighted by atomic mass is 16.5. The van der Waals surface area contributed by atoms with E-state index < -0.39 is 12.1 Å². The van der Waals surface area contributed by atoms with E-state index in [4.69, 9.17) is 4.74 Å². The lowest BCUT2D eigenvalue weighted by molar-refractivity contribution is -0.143. The van der Waals surface area contributed by atoms with Crippen LogP contribution in [0.5, 0.6) is 0 Å². The van der Waals surface area contributed by atoms with Gasteiger partial charge in [0.1, 0.15) is 0 Å². The van der Waals surface area contributed by atoms with Gasteiger partial charge in [0.15, 0.2) is 0 Å². The van der Waals surface area contributed by atoms with Gasteiger partial charge in [-0.3, -0.25) is 9.59 Å². The summed E-state index contributed by atoms with van der Waals surface area (Å²) < 4.78 is 5.52. The van der Waals surface area contributed by atoms with Crippen LogP contribution >= 0.6 is 0 Å². The van der Waals surface area contributed by atoms with Crippen molar-refractivity contribution in [2.45, 2.75) is 514 Å². The van der Waals surface area contributed by atoms with Gasteiger partial charge in [-0.1, -0.05) is 463 Å². The molecule has 90 heavy (non-hydrogen) atoms. The Morgan fingerprint density at radius 1 is 0.267 bits per heavy atom. The van der Waals surface area contributed by atoms with Crippen LogP contribution in [0, 0.1) is 0 Å². The van der Waals surface area contributed by atoms with Crippen molar-refractivity contribution in [1.29, 1.82) is 0 Å². The minimum absolute atomic E-state index is 0.0236. The summed E-state index contributed by atoms with van der Waals surface area (Å²) in [5, 5.41) is 23.5. The fourth-order valence-corrected chi connectivity index (χ4v) is 14.0. The number of carbonyl (C=O) groups is 2. The van der Waals surface area contributed by atoms with Crippen LogP contribution in [0.15, 0.2) is 0 Å². The summed E-state index contributed by atoms with van der Waals surface area (Å²) in [6, 6.07) is -0.538. The Kier molecular flexibility index (Phi) is 79.3. The molecule has 0 bridgehead atoms. The first-order valence-corrected chi connectivity index (χ1v) is 42.3. The van der Waals surface area contributed by atoms with Gasteiger partial charge in [0.2, 0.25) is 5.91 Å². The number of carbonyl (C=O) groups excluding carboxylic acids is 2. The molecule has 2 unspecified atom stereocenters.